The maximum Gasteiger partial charge on any atom is 0.305 e. The van der Waals surface area contributed by atoms with Crippen molar-refractivity contribution in [3.05, 3.63) is 16.9 Å². The topological polar surface area (TPSA) is 55.1 Å². The Kier molecular flexibility index (Phi) is 3.31. The van der Waals surface area contributed by atoms with Gasteiger partial charge in [0.05, 0.1) is 23.7 Å². The quantitative estimate of drug-likeness (QED) is 0.807. The largest absolute Gasteiger partial charge is 0.481 e. The molecule has 0 spiro atoms. The van der Waals surface area contributed by atoms with E-state index in [9.17, 15) is 4.79 Å². The van der Waals surface area contributed by atoms with E-state index in [2.05, 4.69) is 5.10 Å². The molecule has 0 saturated heterocycles. The van der Waals surface area contributed by atoms with Crippen LogP contribution in [0.15, 0.2) is 6.20 Å². The summed E-state index contributed by atoms with van der Waals surface area (Å²) >= 11 is 5.83. The lowest BCUT2D eigenvalue weighted by Gasteiger charge is -1.95. The standard InChI is InChI=1S/C8H11ClN2O2/c1-2-7-6(9)5-11(10-7)4-3-8(12)13/h5H,2-4H2,1H3,(H,12,13). The molecule has 1 aromatic rings. The van der Waals surface area contributed by atoms with Crippen LogP contribution in [0, 0.1) is 0 Å². The van der Waals surface area contributed by atoms with Crippen molar-refractivity contribution in [1.82, 2.24) is 9.78 Å². The van der Waals surface area contributed by atoms with Gasteiger partial charge in [0.2, 0.25) is 0 Å². The number of carbonyl (C=O) groups is 1. The number of hydrogen-bond acceptors (Lipinski definition) is 2. The molecule has 0 amide bonds. The monoisotopic (exact) mass is 202 g/mol. The van der Waals surface area contributed by atoms with Crippen LogP contribution in [0.4, 0.5) is 0 Å². The summed E-state index contributed by atoms with van der Waals surface area (Å²) in [5.41, 5.74) is 0.812. The van der Waals surface area contributed by atoms with Crippen LogP contribution in [0.5, 0.6) is 0 Å². The Hall–Kier alpha value is -1.03. The first-order valence-electron chi connectivity index (χ1n) is 4.07. The third-order valence-corrected chi connectivity index (χ3v) is 1.99. The highest BCUT2D eigenvalue weighted by atomic mass is 35.5. The normalized spacial score (nSPS) is 10.3. The zero-order chi connectivity index (χ0) is 9.84. The van der Waals surface area contributed by atoms with E-state index >= 15 is 0 Å². The lowest BCUT2D eigenvalue weighted by atomic mass is 10.3. The maximum absolute atomic E-state index is 10.3. The average molecular weight is 203 g/mol. The van der Waals surface area contributed by atoms with Crippen molar-refractivity contribution < 1.29 is 9.90 Å². The maximum atomic E-state index is 10.3. The summed E-state index contributed by atoms with van der Waals surface area (Å²) in [6, 6.07) is 0. The Bertz CT molecular complexity index is 309. The second-order valence-electron chi connectivity index (χ2n) is 2.68. The predicted molar refractivity (Wildman–Crippen MR) is 48.9 cm³/mol. The van der Waals surface area contributed by atoms with Gasteiger partial charge in [-0.25, -0.2) is 0 Å². The van der Waals surface area contributed by atoms with Gasteiger partial charge in [0, 0.05) is 6.20 Å². The van der Waals surface area contributed by atoms with Gasteiger partial charge in [-0.1, -0.05) is 18.5 Å². The van der Waals surface area contributed by atoms with Gasteiger partial charge in [-0.2, -0.15) is 5.10 Å². The zero-order valence-electron chi connectivity index (χ0n) is 7.33. The smallest absolute Gasteiger partial charge is 0.305 e. The molecule has 0 unspecified atom stereocenters. The first-order chi connectivity index (χ1) is 6.13. The highest BCUT2D eigenvalue weighted by molar-refractivity contribution is 6.31. The highest BCUT2D eigenvalue weighted by Gasteiger charge is 2.05. The Morgan fingerprint density at radius 3 is 2.92 bits per heavy atom. The van der Waals surface area contributed by atoms with E-state index < -0.39 is 5.97 Å². The molecule has 0 aromatic carbocycles. The molecule has 1 heterocycles. The molecule has 0 bridgehead atoms. The summed E-state index contributed by atoms with van der Waals surface area (Å²) in [5.74, 6) is -0.829. The summed E-state index contributed by atoms with van der Waals surface area (Å²) in [7, 11) is 0. The van der Waals surface area contributed by atoms with E-state index in [1.165, 1.54) is 0 Å². The molecule has 1 N–H and O–H groups in total. The summed E-state index contributed by atoms with van der Waals surface area (Å²) in [6.07, 6.45) is 2.49. The number of aliphatic carboxylic acids is 1. The first kappa shape index (κ1) is 10.1. The number of nitrogens with zero attached hydrogens (tertiary/aromatic N) is 2. The second kappa shape index (κ2) is 4.28. The number of rotatable bonds is 4. The minimum Gasteiger partial charge on any atom is -0.481 e. The Balaban J connectivity index is 2.62. The molecule has 72 valence electrons. The van der Waals surface area contributed by atoms with Crippen LogP contribution in [0.1, 0.15) is 19.0 Å². The van der Waals surface area contributed by atoms with E-state index in [0.29, 0.717) is 11.6 Å². The van der Waals surface area contributed by atoms with Crippen LogP contribution in [0.2, 0.25) is 5.02 Å². The Morgan fingerprint density at radius 1 is 1.77 bits per heavy atom. The number of halogens is 1. The molecule has 1 aromatic heterocycles. The lowest BCUT2D eigenvalue weighted by molar-refractivity contribution is -0.137. The van der Waals surface area contributed by atoms with Crippen molar-refractivity contribution in [2.45, 2.75) is 26.3 Å². The molecule has 0 aliphatic heterocycles. The van der Waals surface area contributed by atoms with Gasteiger partial charge in [-0.3, -0.25) is 9.48 Å². The number of aromatic nitrogens is 2. The number of carboxylic acids is 1. The minimum atomic E-state index is -0.829. The summed E-state index contributed by atoms with van der Waals surface area (Å²) < 4.78 is 1.56. The van der Waals surface area contributed by atoms with Crippen LogP contribution in [0.3, 0.4) is 0 Å². The van der Waals surface area contributed by atoms with Gasteiger partial charge in [0.15, 0.2) is 0 Å². The van der Waals surface area contributed by atoms with E-state index in [-0.39, 0.29) is 6.42 Å². The molecule has 13 heavy (non-hydrogen) atoms. The molecule has 0 aliphatic rings. The first-order valence-corrected chi connectivity index (χ1v) is 4.45. The van der Waals surface area contributed by atoms with Crippen molar-refractivity contribution in [2.24, 2.45) is 0 Å². The van der Waals surface area contributed by atoms with Crippen molar-refractivity contribution >= 4 is 17.6 Å². The number of carboxylic acid groups (broad SMARTS) is 1. The molecule has 0 fully saturated rings. The fraction of sp³-hybridized carbons (Fsp3) is 0.500. The van der Waals surface area contributed by atoms with Crippen molar-refractivity contribution in [3.63, 3.8) is 0 Å². The molecular formula is C8H11ClN2O2. The van der Waals surface area contributed by atoms with E-state index in [1.807, 2.05) is 6.92 Å². The molecule has 5 heteroatoms. The summed E-state index contributed by atoms with van der Waals surface area (Å²) in [5, 5.41) is 13.2. The molecule has 0 atom stereocenters. The highest BCUT2D eigenvalue weighted by Crippen LogP contribution is 2.14. The van der Waals surface area contributed by atoms with Gasteiger partial charge in [0.1, 0.15) is 0 Å². The fourth-order valence-electron chi connectivity index (χ4n) is 1.00. The van der Waals surface area contributed by atoms with Gasteiger partial charge in [-0.05, 0) is 6.42 Å². The molecule has 0 aliphatic carbocycles. The lowest BCUT2D eigenvalue weighted by Crippen LogP contribution is -2.05. The molecule has 0 saturated carbocycles. The van der Waals surface area contributed by atoms with Crippen LogP contribution < -0.4 is 0 Å². The Morgan fingerprint density at radius 2 is 2.46 bits per heavy atom. The summed E-state index contributed by atoms with van der Waals surface area (Å²) in [6.45, 7) is 2.32. The third-order valence-electron chi connectivity index (χ3n) is 1.68. The molecule has 4 nitrogen and oxygen atoms in total. The fourth-order valence-corrected chi connectivity index (χ4v) is 1.29. The molecule has 1 rings (SSSR count). The van der Waals surface area contributed by atoms with Crippen molar-refractivity contribution in [1.29, 1.82) is 0 Å². The average Bonchev–Trinajstić information content (AvgIpc) is 2.43. The van der Waals surface area contributed by atoms with Crippen molar-refractivity contribution in [3.8, 4) is 0 Å². The van der Waals surface area contributed by atoms with Gasteiger partial charge in [0.25, 0.3) is 0 Å². The minimum absolute atomic E-state index is 0.0706. The van der Waals surface area contributed by atoms with Crippen LogP contribution >= 0.6 is 11.6 Å². The third kappa shape index (κ3) is 2.73. The second-order valence-corrected chi connectivity index (χ2v) is 3.09. The Labute approximate surface area is 81.1 Å². The number of hydrogen-bond donors (Lipinski definition) is 1. The summed E-state index contributed by atoms with van der Waals surface area (Å²) in [4.78, 5) is 10.3. The molecular weight excluding hydrogens is 192 g/mol. The van der Waals surface area contributed by atoms with Crippen LogP contribution in [0.25, 0.3) is 0 Å². The molecule has 0 radical (unpaired) electrons. The van der Waals surface area contributed by atoms with Crippen LogP contribution in [-0.2, 0) is 17.8 Å². The van der Waals surface area contributed by atoms with Gasteiger partial charge >= 0.3 is 5.97 Å². The van der Waals surface area contributed by atoms with Crippen LogP contribution in [-0.4, -0.2) is 20.9 Å². The zero-order valence-corrected chi connectivity index (χ0v) is 8.08. The predicted octanol–water partition coefficient (Wildman–Crippen LogP) is 1.57. The SMILES string of the molecule is CCc1nn(CCC(=O)O)cc1Cl. The van der Waals surface area contributed by atoms with E-state index in [4.69, 9.17) is 16.7 Å². The van der Waals surface area contributed by atoms with E-state index in [0.717, 1.165) is 12.1 Å². The van der Waals surface area contributed by atoms with Crippen molar-refractivity contribution in [2.75, 3.05) is 0 Å². The van der Waals surface area contributed by atoms with Gasteiger partial charge < -0.3 is 5.11 Å². The van der Waals surface area contributed by atoms with E-state index in [1.54, 1.807) is 10.9 Å². The van der Waals surface area contributed by atoms with Gasteiger partial charge in [-0.15, -0.1) is 0 Å². The number of aryl methyl sites for hydroxylation is 2.